The van der Waals surface area contributed by atoms with E-state index < -0.39 is 17.1 Å². The van der Waals surface area contributed by atoms with E-state index in [-0.39, 0.29) is 30.4 Å². The minimum atomic E-state index is -0.653. The lowest BCUT2D eigenvalue weighted by atomic mass is 9.81. The maximum absolute atomic E-state index is 13.8. The number of nitrogens with two attached hydrogens (primary N) is 1. The molecule has 23 heavy (non-hydrogen) atoms. The molecule has 130 valence electrons. The van der Waals surface area contributed by atoms with E-state index in [0.29, 0.717) is 18.5 Å². The number of rotatable bonds is 6. The zero-order chi connectivity index (χ0) is 16.9. The second kappa shape index (κ2) is 8.84. The van der Waals surface area contributed by atoms with Crippen molar-refractivity contribution in [2.75, 3.05) is 26.0 Å². The van der Waals surface area contributed by atoms with E-state index >= 15 is 0 Å². The van der Waals surface area contributed by atoms with E-state index in [1.807, 2.05) is 13.8 Å². The quantitative estimate of drug-likeness (QED) is 0.832. The number of benzene rings is 1. The molecule has 1 aromatic rings. The first kappa shape index (κ1) is 21.3. The molecular formula is C16H25ClFN3O2. The van der Waals surface area contributed by atoms with Crippen LogP contribution in [0, 0.1) is 11.2 Å². The Bertz CT molecular complexity index is 552. The summed E-state index contributed by atoms with van der Waals surface area (Å²) >= 11 is 0. The SMILES string of the molecule is CCC(CC)(CN)C(=O)Nc1ccc(F)c(C(=O)N(C)C)c1.Cl. The molecule has 1 rings (SSSR count). The fraction of sp³-hybridized carbons (Fsp3) is 0.500. The van der Waals surface area contributed by atoms with Crippen molar-refractivity contribution in [3.05, 3.63) is 29.6 Å². The van der Waals surface area contributed by atoms with Crippen LogP contribution in [0.3, 0.4) is 0 Å². The van der Waals surface area contributed by atoms with Crippen LogP contribution in [0.1, 0.15) is 37.0 Å². The molecule has 3 N–H and O–H groups in total. The summed E-state index contributed by atoms with van der Waals surface area (Å²) in [6, 6.07) is 3.96. The van der Waals surface area contributed by atoms with Crippen molar-refractivity contribution in [3.8, 4) is 0 Å². The molecule has 0 aliphatic heterocycles. The Balaban J connectivity index is 0.00000484. The minimum absolute atomic E-state index is 0. The maximum atomic E-state index is 13.8. The number of nitrogens with one attached hydrogen (secondary N) is 1. The number of anilines is 1. The average molecular weight is 346 g/mol. The zero-order valence-corrected chi connectivity index (χ0v) is 14.8. The highest BCUT2D eigenvalue weighted by Gasteiger charge is 2.33. The molecule has 0 heterocycles. The number of amides is 2. The van der Waals surface area contributed by atoms with Crippen molar-refractivity contribution in [1.82, 2.24) is 4.90 Å². The van der Waals surface area contributed by atoms with Crippen molar-refractivity contribution < 1.29 is 14.0 Å². The summed E-state index contributed by atoms with van der Waals surface area (Å²) in [6.45, 7) is 4.04. The summed E-state index contributed by atoms with van der Waals surface area (Å²) in [7, 11) is 3.08. The third-order valence-electron chi connectivity index (χ3n) is 4.09. The largest absolute Gasteiger partial charge is 0.345 e. The third kappa shape index (κ3) is 4.65. The number of halogens is 2. The second-order valence-corrected chi connectivity index (χ2v) is 5.54. The van der Waals surface area contributed by atoms with Crippen molar-refractivity contribution in [2.45, 2.75) is 26.7 Å². The summed E-state index contributed by atoms with van der Waals surface area (Å²) in [5.41, 5.74) is 5.40. The van der Waals surface area contributed by atoms with E-state index in [1.165, 1.54) is 23.1 Å². The monoisotopic (exact) mass is 345 g/mol. The summed E-state index contributed by atoms with van der Waals surface area (Å²) in [5.74, 6) is -1.28. The Morgan fingerprint density at radius 3 is 2.26 bits per heavy atom. The molecule has 0 saturated heterocycles. The van der Waals surface area contributed by atoms with E-state index in [4.69, 9.17) is 5.73 Å². The Kier molecular flexibility index (Phi) is 8.20. The molecule has 0 bridgehead atoms. The average Bonchev–Trinajstić information content (AvgIpc) is 2.50. The van der Waals surface area contributed by atoms with Crippen LogP contribution < -0.4 is 11.1 Å². The lowest BCUT2D eigenvalue weighted by molar-refractivity contribution is -0.125. The molecule has 0 atom stereocenters. The fourth-order valence-corrected chi connectivity index (χ4v) is 2.22. The van der Waals surface area contributed by atoms with Gasteiger partial charge in [-0.1, -0.05) is 13.8 Å². The first-order valence-corrected chi connectivity index (χ1v) is 7.34. The third-order valence-corrected chi connectivity index (χ3v) is 4.09. The van der Waals surface area contributed by atoms with E-state index in [2.05, 4.69) is 5.32 Å². The first-order valence-electron chi connectivity index (χ1n) is 7.34. The highest BCUT2D eigenvalue weighted by Crippen LogP contribution is 2.27. The van der Waals surface area contributed by atoms with Crippen LogP contribution in [-0.2, 0) is 4.79 Å². The van der Waals surface area contributed by atoms with Gasteiger partial charge in [0.2, 0.25) is 5.91 Å². The smallest absolute Gasteiger partial charge is 0.256 e. The molecule has 0 aliphatic rings. The summed E-state index contributed by atoms with van der Waals surface area (Å²) < 4.78 is 13.8. The normalized spacial score (nSPS) is 10.7. The van der Waals surface area contributed by atoms with Gasteiger partial charge in [0.1, 0.15) is 5.82 Å². The van der Waals surface area contributed by atoms with Gasteiger partial charge < -0.3 is 16.0 Å². The van der Waals surface area contributed by atoms with E-state index in [1.54, 1.807) is 14.1 Å². The van der Waals surface area contributed by atoms with Gasteiger partial charge in [0.15, 0.2) is 0 Å². The Morgan fingerprint density at radius 1 is 1.26 bits per heavy atom. The number of carbonyl (C=O) groups is 2. The molecule has 7 heteroatoms. The maximum Gasteiger partial charge on any atom is 0.256 e. The lowest BCUT2D eigenvalue weighted by Gasteiger charge is -2.28. The highest BCUT2D eigenvalue weighted by molar-refractivity contribution is 5.98. The molecule has 0 spiro atoms. The van der Waals surface area contributed by atoms with E-state index in [0.717, 1.165) is 0 Å². The molecule has 5 nitrogen and oxygen atoms in total. The van der Waals surface area contributed by atoms with E-state index in [9.17, 15) is 14.0 Å². The summed E-state index contributed by atoms with van der Waals surface area (Å²) in [5, 5.41) is 2.74. The Labute approximate surface area is 142 Å². The van der Waals surface area contributed by atoms with Crippen LogP contribution in [0.15, 0.2) is 18.2 Å². The van der Waals surface area contributed by atoms with Crippen LogP contribution in [0.4, 0.5) is 10.1 Å². The molecule has 1 aromatic carbocycles. The first-order chi connectivity index (χ1) is 10.3. The van der Waals surface area contributed by atoms with Crippen LogP contribution in [0.25, 0.3) is 0 Å². The number of nitrogens with zero attached hydrogens (tertiary/aromatic N) is 1. The molecule has 0 fully saturated rings. The van der Waals surface area contributed by atoms with Crippen LogP contribution >= 0.6 is 12.4 Å². The van der Waals surface area contributed by atoms with Crippen LogP contribution in [0.5, 0.6) is 0 Å². The van der Waals surface area contributed by atoms with Crippen LogP contribution in [0.2, 0.25) is 0 Å². The number of hydrogen-bond donors (Lipinski definition) is 2. The molecular weight excluding hydrogens is 321 g/mol. The van der Waals surface area contributed by atoms with Crippen molar-refractivity contribution >= 4 is 29.9 Å². The minimum Gasteiger partial charge on any atom is -0.345 e. The highest BCUT2D eigenvalue weighted by atomic mass is 35.5. The van der Waals surface area contributed by atoms with Gasteiger partial charge in [0, 0.05) is 26.3 Å². The Hall–Kier alpha value is -1.66. The molecule has 0 radical (unpaired) electrons. The summed E-state index contributed by atoms with van der Waals surface area (Å²) in [6.07, 6.45) is 1.22. The molecule has 0 saturated carbocycles. The zero-order valence-electron chi connectivity index (χ0n) is 14.0. The van der Waals surface area contributed by atoms with Gasteiger partial charge >= 0.3 is 0 Å². The van der Waals surface area contributed by atoms with Gasteiger partial charge in [0.05, 0.1) is 11.0 Å². The predicted molar refractivity (Wildman–Crippen MR) is 92.4 cm³/mol. The lowest BCUT2D eigenvalue weighted by Crippen LogP contribution is -2.41. The van der Waals surface area contributed by atoms with Gasteiger partial charge in [0.25, 0.3) is 5.91 Å². The second-order valence-electron chi connectivity index (χ2n) is 5.54. The van der Waals surface area contributed by atoms with Gasteiger partial charge in [-0.25, -0.2) is 4.39 Å². The fourth-order valence-electron chi connectivity index (χ4n) is 2.22. The number of hydrogen-bond acceptors (Lipinski definition) is 3. The molecule has 0 unspecified atom stereocenters. The Morgan fingerprint density at radius 2 is 1.83 bits per heavy atom. The van der Waals surface area contributed by atoms with Crippen molar-refractivity contribution in [2.24, 2.45) is 11.1 Å². The van der Waals surface area contributed by atoms with Gasteiger partial charge in [-0.3, -0.25) is 9.59 Å². The molecule has 0 aliphatic carbocycles. The van der Waals surface area contributed by atoms with Crippen molar-refractivity contribution in [1.29, 1.82) is 0 Å². The molecule has 0 aromatic heterocycles. The van der Waals surface area contributed by atoms with Gasteiger partial charge in [-0.2, -0.15) is 0 Å². The van der Waals surface area contributed by atoms with Crippen LogP contribution in [-0.4, -0.2) is 37.4 Å². The van der Waals surface area contributed by atoms with Gasteiger partial charge in [-0.05, 0) is 31.0 Å². The number of carbonyl (C=O) groups excluding carboxylic acids is 2. The predicted octanol–water partition coefficient (Wildman–Crippen LogP) is 2.65. The summed E-state index contributed by atoms with van der Waals surface area (Å²) in [4.78, 5) is 25.7. The van der Waals surface area contributed by atoms with Gasteiger partial charge in [-0.15, -0.1) is 12.4 Å². The van der Waals surface area contributed by atoms with Crippen molar-refractivity contribution in [3.63, 3.8) is 0 Å². The molecule has 2 amide bonds. The standard InChI is InChI=1S/C16H24FN3O2.ClH/c1-5-16(6-2,10-18)15(22)19-11-7-8-13(17)12(9-11)14(21)20(3)4;/h7-9H,5-6,10,18H2,1-4H3,(H,19,22);1H. The topological polar surface area (TPSA) is 75.4 Å².